The number of benzene rings is 1. The highest BCUT2D eigenvalue weighted by atomic mass is 35.7. The lowest BCUT2D eigenvalue weighted by Crippen LogP contribution is -2.25. The van der Waals surface area contributed by atoms with E-state index in [1.54, 1.807) is 7.11 Å². The van der Waals surface area contributed by atoms with Crippen LogP contribution in [0.5, 0.6) is 0 Å². The van der Waals surface area contributed by atoms with Crippen LogP contribution in [0.2, 0.25) is 0 Å². The molecule has 0 spiro atoms. The molecule has 8 heteroatoms. The molecule has 1 amide bonds. The molecule has 0 aliphatic rings. The van der Waals surface area contributed by atoms with Crippen molar-refractivity contribution in [3.63, 3.8) is 0 Å². The maximum absolute atomic E-state index is 11.8. The van der Waals surface area contributed by atoms with E-state index in [1.165, 1.54) is 24.3 Å². The number of carbonyl (C=O) groups excluding carboxylic acids is 1. The van der Waals surface area contributed by atoms with Crippen LogP contribution < -0.4 is 5.32 Å². The zero-order chi connectivity index (χ0) is 15.7. The van der Waals surface area contributed by atoms with Crippen LogP contribution in [0.4, 0.5) is 0 Å². The molecule has 0 aliphatic carbocycles. The molecule has 0 radical (unpaired) electrons. The molecule has 0 heterocycles. The van der Waals surface area contributed by atoms with Crippen LogP contribution >= 0.6 is 10.7 Å². The predicted octanol–water partition coefficient (Wildman–Crippen LogP) is 1.40. The lowest BCUT2D eigenvalue weighted by atomic mass is 10.2. The quantitative estimate of drug-likeness (QED) is 0.545. The number of methoxy groups -OCH3 is 1. The number of amides is 1. The average Bonchev–Trinajstić information content (AvgIpc) is 2.45. The zero-order valence-electron chi connectivity index (χ0n) is 11.7. The molecular formula is C13H18ClNO5S. The molecule has 1 aromatic carbocycles. The highest BCUT2D eigenvalue weighted by molar-refractivity contribution is 8.13. The fourth-order valence-electron chi connectivity index (χ4n) is 1.49. The third-order valence-electron chi connectivity index (χ3n) is 2.58. The van der Waals surface area contributed by atoms with Crippen LogP contribution in [-0.2, 0) is 18.5 Å². The Bertz CT molecular complexity index is 544. The number of ether oxygens (including phenoxy) is 2. The fraction of sp³-hybridized carbons (Fsp3) is 0.462. The number of carbonyl (C=O) groups is 1. The summed E-state index contributed by atoms with van der Waals surface area (Å²) in [7, 11) is 3.03. The number of hydrogen-bond acceptors (Lipinski definition) is 5. The molecule has 21 heavy (non-hydrogen) atoms. The number of nitrogens with one attached hydrogen (secondary N) is 1. The molecule has 1 N–H and O–H groups in total. The van der Waals surface area contributed by atoms with Crippen molar-refractivity contribution in [3.8, 4) is 0 Å². The summed E-state index contributed by atoms with van der Waals surface area (Å²) in [5.74, 6) is -0.273. The van der Waals surface area contributed by atoms with Gasteiger partial charge in [-0.05, 0) is 30.7 Å². The Labute approximate surface area is 128 Å². The standard InChI is InChI=1S/C13H18ClNO5S/c1-19-9-10-20-8-2-7-15-13(16)11-3-5-12(6-4-11)21(14,17)18/h3-6H,2,7-10H2,1H3,(H,15,16). The van der Waals surface area contributed by atoms with Gasteiger partial charge in [0.15, 0.2) is 0 Å². The summed E-state index contributed by atoms with van der Waals surface area (Å²) >= 11 is 0. The first-order valence-corrected chi connectivity index (χ1v) is 8.65. The Morgan fingerprint density at radius 3 is 2.43 bits per heavy atom. The number of rotatable bonds is 9. The summed E-state index contributed by atoms with van der Waals surface area (Å²) in [6.45, 7) is 2.08. The Balaban J connectivity index is 2.32. The van der Waals surface area contributed by atoms with Crippen molar-refractivity contribution in [2.24, 2.45) is 0 Å². The van der Waals surface area contributed by atoms with E-state index in [1.807, 2.05) is 0 Å². The van der Waals surface area contributed by atoms with E-state index in [9.17, 15) is 13.2 Å². The van der Waals surface area contributed by atoms with E-state index in [0.717, 1.165) is 0 Å². The molecule has 0 saturated heterocycles. The van der Waals surface area contributed by atoms with E-state index in [-0.39, 0.29) is 10.8 Å². The molecule has 0 fully saturated rings. The molecule has 0 aliphatic heterocycles. The topological polar surface area (TPSA) is 81.7 Å². The molecular weight excluding hydrogens is 318 g/mol. The van der Waals surface area contributed by atoms with Gasteiger partial charge in [0.1, 0.15) is 0 Å². The van der Waals surface area contributed by atoms with Gasteiger partial charge in [0, 0.05) is 36.5 Å². The molecule has 1 rings (SSSR count). The van der Waals surface area contributed by atoms with Crippen LogP contribution in [-0.4, -0.2) is 47.8 Å². The van der Waals surface area contributed by atoms with Crippen molar-refractivity contribution in [2.45, 2.75) is 11.3 Å². The Morgan fingerprint density at radius 1 is 1.19 bits per heavy atom. The predicted molar refractivity (Wildman–Crippen MR) is 79.1 cm³/mol. The second kappa shape index (κ2) is 8.99. The van der Waals surface area contributed by atoms with Gasteiger partial charge < -0.3 is 14.8 Å². The van der Waals surface area contributed by atoms with E-state index in [2.05, 4.69) is 5.32 Å². The highest BCUT2D eigenvalue weighted by Gasteiger charge is 2.11. The van der Waals surface area contributed by atoms with Gasteiger partial charge in [-0.25, -0.2) is 8.42 Å². The van der Waals surface area contributed by atoms with E-state index < -0.39 is 9.05 Å². The second-order valence-electron chi connectivity index (χ2n) is 4.18. The minimum Gasteiger partial charge on any atom is -0.382 e. The minimum atomic E-state index is -3.76. The summed E-state index contributed by atoms with van der Waals surface area (Å²) in [6, 6.07) is 5.43. The highest BCUT2D eigenvalue weighted by Crippen LogP contribution is 2.15. The summed E-state index contributed by atoms with van der Waals surface area (Å²) in [5.41, 5.74) is 0.374. The fourth-order valence-corrected chi connectivity index (χ4v) is 2.26. The van der Waals surface area contributed by atoms with Crippen molar-refractivity contribution in [1.29, 1.82) is 0 Å². The normalized spacial score (nSPS) is 11.3. The van der Waals surface area contributed by atoms with Crippen LogP contribution in [0.25, 0.3) is 0 Å². The summed E-state index contributed by atoms with van der Waals surface area (Å²) < 4.78 is 32.2. The van der Waals surface area contributed by atoms with Gasteiger partial charge in [0.25, 0.3) is 15.0 Å². The summed E-state index contributed by atoms with van der Waals surface area (Å²) in [4.78, 5) is 11.8. The van der Waals surface area contributed by atoms with Crippen molar-refractivity contribution in [2.75, 3.05) is 33.5 Å². The smallest absolute Gasteiger partial charge is 0.261 e. The van der Waals surface area contributed by atoms with Crippen molar-refractivity contribution in [1.82, 2.24) is 5.32 Å². The molecule has 0 atom stereocenters. The lowest BCUT2D eigenvalue weighted by molar-refractivity contribution is 0.0688. The minimum absolute atomic E-state index is 0.0349. The van der Waals surface area contributed by atoms with Crippen LogP contribution in [0, 0.1) is 0 Å². The van der Waals surface area contributed by atoms with Gasteiger partial charge in [0.05, 0.1) is 18.1 Å². The van der Waals surface area contributed by atoms with Gasteiger partial charge in [0.2, 0.25) is 0 Å². The van der Waals surface area contributed by atoms with Crippen LogP contribution in [0.15, 0.2) is 29.2 Å². The number of halogens is 1. The molecule has 6 nitrogen and oxygen atoms in total. The number of hydrogen-bond donors (Lipinski definition) is 1. The third kappa shape index (κ3) is 6.90. The second-order valence-corrected chi connectivity index (χ2v) is 6.74. The molecule has 0 aromatic heterocycles. The van der Waals surface area contributed by atoms with Gasteiger partial charge in [-0.2, -0.15) is 0 Å². The molecule has 118 valence electrons. The monoisotopic (exact) mass is 335 g/mol. The summed E-state index contributed by atoms with van der Waals surface area (Å²) in [5, 5.41) is 2.72. The maximum atomic E-state index is 11.8. The van der Waals surface area contributed by atoms with Crippen molar-refractivity contribution < 1.29 is 22.7 Å². The third-order valence-corrected chi connectivity index (χ3v) is 3.95. The zero-order valence-corrected chi connectivity index (χ0v) is 13.2. The van der Waals surface area contributed by atoms with Gasteiger partial charge >= 0.3 is 0 Å². The van der Waals surface area contributed by atoms with Gasteiger partial charge in [-0.15, -0.1) is 0 Å². The Morgan fingerprint density at radius 2 is 1.86 bits per heavy atom. The van der Waals surface area contributed by atoms with Gasteiger partial charge in [-0.3, -0.25) is 4.79 Å². The maximum Gasteiger partial charge on any atom is 0.261 e. The van der Waals surface area contributed by atoms with E-state index in [0.29, 0.717) is 38.3 Å². The van der Waals surface area contributed by atoms with Gasteiger partial charge in [-0.1, -0.05) is 0 Å². The summed E-state index contributed by atoms with van der Waals surface area (Å²) in [6.07, 6.45) is 0.684. The average molecular weight is 336 g/mol. The SMILES string of the molecule is COCCOCCCNC(=O)c1ccc(S(=O)(=O)Cl)cc1. The first-order valence-electron chi connectivity index (χ1n) is 6.35. The van der Waals surface area contributed by atoms with E-state index in [4.69, 9.17) is 20.2 Å². The molecule has 0 saturated carbocycles. The van der Waals surface area contributed by atoms with Crippen molar-refractivity contribution in [3.05, 3.63) is 29.8 Å². The van der Waals surface area contributed by atoms with E-state index >= 15 is 0 Å². The van der Waals surface area contributed by atoms with Crippen molar-refractivity contribution >= 4 is 25.6 Å². The first kappa shape index (κ1) is 17.9. The van der Waals surface area contributed by atoms with Crippen LogP contribution in [0.3, 0.4) is 0 Å². The molecule has 1 aromatic rings. The first-order chi connectivity index (χ1) is 9.95. The van der Waals surface area contributed by atoms with Crippen LogP contribution in [0.1, 0.15) is 16.8 Å². The Hall–Kier alpha value is -1.15. The molecule has 0 bridgehead atoms. The molecule has 0 unspecified atom stereocenters. The lowest BCUT2D eigenvalue weighted by Gasteiger charge is -2.06. The Kier molecular flexibility index (Phi) is 7.66. The largest absolute Gasteiger partial charge is 0.382 e.